The maximum absolute atomic E-state index is 13.1. The van der Waals surface area contributed by atoms with Gasteiger partial charge >= 0.3 is 0 Å². The van der Waals surface area contributed by atoms with Gasteiger partial charge in [0.2, 0.25) is 15.7 Å². The average Bonchev–Trinajstić information content (AvgIpc) is 3.62. The van der Waals surface area contributed by atoms with Crippen molar-refractivity contribution in [2.45, 2.75) is 71.6 Å². The molecule has 0 aromatic carbocycles. The third-order valence-electron chi connectivity index (χ3n) is 7.68. The Morgan fingerprint density at radius 3 is 2.51 bits per heavy atom. The lowest BCUT2D eigenvalue weighted by Gasteiger charge is -2.38. The van der Waals surface area contributed by atoms with Gasteiger partial charge in [-0.2, -0.15) is 4.98 Å². The van der Waals surface area contributed by atoms with Crippen molar-refractivity contribution in [1.29, 1.82) is 0 Å². The third-order valence-corrected chi connectivity index (χ3v) is 8.84. The lowest BCUT2D eigenvalue weighted by Crippen LogP contribution is -2.35. The number of methoxy groups -OCH3 is 1. The summed E-state index contributed by atoms with van der Waals surface area (Å²) in [6.45, 7) is 8.75. The minimum Gasteiger partial charge on any atom is -0.438 e. The number of hydrogen-bond acceptors (Lipinski definition) is 6. The predicted molar refractivity (Wildman–Crippen MR) is 149 cm³/mol. The first-order valence-corrected chi connectivity index (χ1v) is 15.3. The van der Waals surface area contributed by atoms with E-state index in [4.69, 9.17) is 18.9 Å². The summed E-state index contributed by atoms with van der Waals surface area (Å²) in [4.78, 5) is 4.83. The van der Waals surface area contributed by atoms with E-state index >= 15 is 0 Å². The molecule has 2 fully saturated rings. The van der Waals surface area contributed by atoms with Gasteiger partial charge in [0.25, 0.3) is 0 Å². The van der Waals surface area contributed by atoms with E-state index in [1.807, 2.05) is 19.1 Å². The molecular weight excluding hydrogens is 488 g/mol. The van der Waals surface area contributed by atoms with E-state index in [0.29, 0.717) is 30.6 Å². The SMILES string of the molecule is COCCC1(CCCN(c2nc3oc(C(C)=CC=C(C)C)cc3cc2C2CC2)S(C)(=O)=O)CCOCC1. The fourth-order valence-electron chi connectivity index (χ4n) is 5.22. The van der Waals surface area contributed by atoms with Crippen LogP contribution in [0.1, 0.15) is 83.0 Å². The normalized spacial score (nSPS) is 18.2. The average molecular weight is 531 g/mol. The molecule has 0 amide bonds. The topological polar surface area (TPSA) is 81.9 Å². The van der Waals surface area contributed by atoms with Gasteiger partial charge in [-0.15, -0.1) is 0 Å². The summed E-state index contributed by atoms with van der Waals surface area (Å²) < 4.78 is 44.8. The van der Waals surface area contributed by atoms with Crippen LogP contribution in [0.4, 0.5) is 5.82 Å². The minimum absolute atomic E-state index is 0.138. The molecule has 0 atom stereocenters. The summed E-state index contributed by atoms with van der Waals surface area (Å²) >= 11 is 0. The maximum atomic E-state index is 13.1. The molecule has 0 bridgehead atoms. The number of fused-ring (bicyclic) bond motifs is 1. The first kappa shape index (κ1) is 27.9. The van der Waals surface area contributed by atoms with Crippen LogP contribution >= 0.6 is 0 Å². The van der Waals surface area contributed by atoms with Gasteiger partial charge in [0.15, 0.2) is 0 Å². The maximum Gasteiger partial charge on any atom is 0.233 e. The standard InChI is InChI=1S/C29H42N2O5S/c1-21(2)7-8-22(3)26-20-24-19-25(23-9-10-23)27(30-28(24)36-26)31(37(5,32)33)15-6-11-29(12-16-34-4)13-17-35-18-14-29/h7-8,19-20,23H,6,9-18H2,1-5H3. The van der Waals surface area contributed by atoms with E-state index < -0.39 is 10.0 Å². The summed E-state index contributed by atoms with van der Waals surface area (Å²) in [7, 11) is -1.79. The van der Waals surface area contributed by atoms with Crippen molar-refractivity contribution in [1.82, 2.24) is 4.98 Å². The van der Waals surface area contributed by atoms with Crippen molar-refractivity contribution in [3.63, 3.8) is 0 Å². The second-order valence-electron chi connectivity index (χ2n) is 11.1. The number of aromatic nitrogens is 1. The molecule has 1 saturated carbocycles. The molecule has 1 aliphatic heterocycles. The van der Waals surface area contributed by atoms with Gasteiger partial charge in [-0.05, 0) is 100 Å². The van der Waals surface area contributed by atoms with Gasteiger partial charge in [-0.1, -0.05) is 17.7 Å². The van der Waals surface area contributed by atoms with Crippen LogP contribution in [0, 0.1) is 5.41 Å². The van der Waals surface area contributed by atoms with Crippen molar-refractivity contribution in [3.8, 4) is 0 Å². The van der Waals surface area contributed by atoms with Gasteiger partial charge < -0.3 is 13.9 Å². The number of allylic oxidation sites excluding steroid dienone is 4. The van der Waals surface area contributed by atoms with Gasteiger partial charge in [-0.25, -0.2) is 8.42 Å². The van der Waals surface area contributed by atoms with Crippen LogP contribution in [-0.2, 0) is 19.5 Å². The van der Waals surface area contributed by atoms with Crippen molar-refractivity contribution in [2.24, 2.45) is 5.41 Å². The van der Waals surface area contributed by atoms with Crippen LogP contribution in [0.3, 0.4) is 0 Å². The van der Waals surface area contributed by atoms with Crippen molar-refractivity contribution >= 4 is 32.5 Å². The zero-order valence-electron chi connectivity index (χ0n) is 23.0. The molecule has 37 heavy (non-hydrogen) atoms. The van der Waals surface area contributed by atoms with E-state index in [9.17, 15) is 8.42 Å². The molecule has 8 heteroatoms. The molecule has 2 aliphatic rings. The highest BCUT2D eigenvalue weighted by Crippen LogP contribution is 2.46. The smallest absolute Gasteiger partial charge is 0.233 e. The van der Waals surface area contributed by atoms with Crippen LogP contribution in [0.25, 0.3) is 16.7 Å². The lowest BCUT2D eigenvalue weighted by atomic mass is 9.74. The zero-order chi connectivity index (χ0) is 26.6. The molecule has 2 aromatic heterocycles. The number of sulfonamides is 1. The second kappa shape index (κ2) is 11.7. The highest BCUT2D eigenvalue weighted by Gasteiger charge is 2.35. The molecule has 0 spiro atoms. The van der Waals surface area contributed by atoms with Gasteiger partial charge in [-0.3, -0.25) is 4.31 Å². The monoisotopic (exact) mass is 530 g/mol. The van der Waals surface area contributed by atoms with Crippen LogP contribution < -0.4 is 4.31 Å². The number of hydrogen-bond donors (Lipinski definition) is 0. The second-order valence-corrected chi connectivity index (χ2v) is 13.0. The molecule has 3 heterocycles. The van der Waals surface area contributed by atoms with Gasteiger partial charge in [0.1, 0.15) is 11.6 Å². The van der Waals surface area contributed by atoms with Crippen LogP contribution in [0.15, 0.2) is 34.3 Å². The fourth-order valence-corrected chi connectivity index (χ4v) is 6.14. The number of rotatable bonds is 12. The van der Waals surface area contributed by atoms with E-state index in [1.165, 1.54) is 16.1 Å². The first-order valence-electron chi connectivity index (χ1n) is 13.4. The van der Waals surface area contributed by atoms with Gasteiger partial charge in [0.05, 0.1) is 6.26 Å². The van der Waals surface area contributed by atoms with Crippen LogP contribution in [-0.4, -0.2) is 53.1 Å². The predicted octanol–water partition coefficient (Wildman–Crippen LogP) is 6.45. The highest BCUT2D eigenvalue weighted by molar-refractivity contribution is 7.92. The van der Waals surface area contributed by atoms with E-state index in [1.54, 1.807) is 7.11 Å². The molecule has 1 saturated heterocycles. The molecule has 7 nitrogen and oxygen atoms in total. The summed E-state index contributed by atoms with van der Waals surface area (Å²) in [5.41, 5.74) is 3.84. The van der Waals surface area contributed by atoms with Crippen molar-refractivity contribution in [2.75, 3.05) is 44.0 Å². The zero-order valence-corrected chi connectivity index (χ0v) is 23.8. The summed E-state index contributed by atoms with van der Waals surface area (Å²) in [6, 6.07) is 4.10. The molecule has 204 valence electrons. The molecule has 0 radical (unpaired) electrons. The quantitative estimate of drug-likeness (QED) is 0.293. The Bertz CT molecular complexity index is 1250. The fraction of sp³-hybridized carbons (Fsp3) is 0.621. The van der Waals surface area contributed by atoms with E-state index in [-0.39, 0.29) is 5.41 Å². The van der Waals surface area contributed by atoms with E-state index in [2.05, 4.69) is 26.0 Å². The summed E-state index contributed by atoms with van der Waals surface area (Å²) in [5, 5.41) is 0.916. The summed E-state index contributed by atoms with van der Waals surface area (Å²) in [6.07, 6.45) is 12.1. The van der Waals surface area contributed by atoms with Crippen LogP contribution in [0.2, 0.25) is 0 Å². The Balaban J connectivity index is 1.62. The largest absolute Gasteiger partial charge is 0.438 e. The molecule has 4 rings (SSSR count). The minimum atomic E-state index is -3.52. The third kappa shape index (κ3) is 7.03. The molecule has 0 N–H and O–H groups in total. The Kier molecular flexibility index (Phi) is 8.81. The number of pyridine rings is 1. The molecule has 2 aromatic rings. The van der Waals surface area contributed by atoms with Crippen molar-refractivity contribution < 1.29 is 22.3 Å². The number of anilines is 1. The molecule has 0 unspecified atom stereocenters. The number of nitrogens with zero attached hydrogens (tertiary/aromatic N) is 2. The van der Waals surface area contributed by atoms with Gasteiger partial charge in [0, 0.05) is 38.9 Å². The van der Waals surface area contributed by atoms with Crippen LogP contribution in [0.5, 0.6) is 0 Å². The summed E-state index contributed by atoms with van der Waals surface area (Å²) in [5.74, 6) is 1.63. The first-order chi connectivity index (χ1) is 17.6. The van der Waals surface area contributed by atoms with Crippen molar-refractivity contribution in [3.05, 3.63) is 41.2 Å². The Morgan fingerprint density at radius 1 is 1.16 bits per heavy atom. The molecular formula is C29H42N2O5S. The molecule has 1 aliphatic carbocycles. The van der Waals surface area contributed by atoms with E-state index in [0.717, 1.165) is 80.4 Å². The highest BCUT2D eigenvalue weighted by atomic mass is 32.2. The number of furan rings is 1. The Hall–Kier alpha value is -2.16. The Labute approximate surface area is 222 Å². The number of ether oxygens (including phenoxy) is 2. The lowest BCUT2D eigenvalue weighted by molar-refractivity contribution is -0.00689. The Morgan fingerprint density at radius 2 is 1.89 bits per heavy atom.